The van der Waals surface area contributed by atoms with E-state index in [2.05, 4.69) is 9.88 Å². The average Bonchev–Trinajstić information content (AvgIpc) is 3.02. The molecule has 1 aliphatic rings. The van der Waals surface area contributed by atoms with Crippen LogP contribution < -0.4 is 0 Å². The summed E-state index contributed by atoms with van der Waals surface area (Å²) in [5, 5.41) is 3.19. The fraction of sp³-hybridized carbons (Fsp3) is 0.357. The molecule has 94 valence electrons. The molecule has 1 saturated heterocycles. The van der Waals surface area contributed by atoms with Crippen LogP contribution in [0.1, 0.15) is 22.9 Å². The number of aromatic nitrogens is 1. The van der Waals surface area contributed by atoms with Gasteiger partial charge in [0.1, 0.15) is 10.8 Å². The number of nitrogens with zero attached hydrogens (tertiary/aromatic N) is 2. The fourth-order valence-electron chi connectivity index (χ4n) is 2.51. The topological polar surface area (TPSA) is 16.1 Å². The van der Waals surface area contributed by atoms with E-state index in [1.807, 2.05) is 23.7 Å². The third-order valence-corrected chi connectivity index (χ3v) is 4.22. The molecule has 0 N–H and O–H groups in total. The Labute approximate surface area is 110 Å². The van der Waals surface area contributed by atoms with Crippen LogP contribution in [-0.2, 0) is 6.54 Å². The SMILES string of the molecule is Fc1ccc([C@H]2CCN(Cc3nccs3)C2)cc1. The molecule has 1 aromatic heterocycles. The van der Waals surface area contributed by atoms with Gasteiger partial charge < -0.3 is 0 Å². The van der Waals surface area contributed by atoms with Gasteiger partial charge >= 0.3 is 0 Å². The Bertz CT molecular complexity index is 495. The first kappa shape index (κ1) is 11.8. The van der Waals surface area contributed by atoms with Crippen LogP contribution in [0.25, 0.3) is 0 Å². The molecule has 0 spiro atoms. The standard InChI is InChI=1S/C14H15FN2S/c15-13-3-1-11(2-4-13)12-5-7-17(9-12)10-14-16-6-8-18-14/h1-4,6,8,12H,5,7,9-10H2/t12-/m0/s1. The molecule has 2 nitrogen and oxygen atoms in total. The van der Waals surface area contributed by atoms with Crippen molar-refractivity contribution in [3.8, 4) is 0 Å². The third kappa shape index (κ3) is 2.60. The van der Waals surface area contributed by atoms with Crippen LogP contribution in [0, 0.1) is 5.82 Å². The summed E-state index contributed by atoms with van der Waals surface area (Å²) in [4.78, 5) is 6.74. The Balaban J connectivity index is 1.63. The van der Waals surface area contributed by atoms with Crippen LogP contribution in [0.5, 0.6) is 0 Å². The van der Waals surface area contributed by atoms with Crippen LogP contribution in [0.4, 0.5) is 4.39 Å². The summed E-state index contributed by atoms with van der Waals surface area (Å²) in [5.41, 5.74) is 1.25. The molecule has 3 rings (SSSR count). The molecule has 2 heterocycles. The van der Waals surface area contributed by atoms with E-state index in [-0.39, 0.29) is 5.82 Å². The summed E-state index contributed by atoms with van der Waals surface area (Å²) in [6.45, 7) is 3.09. The summed E-state index contributed by atoms with van der Waals surface area (Å²) >= 11 is 1.71. The van der Waals surface area contributed by atoms with Gasteiger partial charge in [0.15, 0.2) is 0 Å². The molecule has 4 heteroatoms. The minimum absolute atomic E-state index is 0.156. The zero-order valence-corrected chi connectivity index (χ0v) is 10.9. The summed E-state index contributed by atoms with van der Waals surface area (Å²) < 4.78 is 12.9. The van der Waals surface area contributed by atoms with Gasteiger partial charge in [0.05, 0.1) is 6.54 Å². The molecule has 1 aliphatic heterocycles. The van der Waals surface area contributed by atoms with E-state index in [1.54, 1.807) is 23.5 Å². The fourth-order valence-corrected chi connectivity index (χ4v) is 3.16. The summed E-state index contributed by atoms with van der Waals surface area (Å²) in [7, 11) is 0. The maximum Gasteiger partial charge on any atom is 0.123 e. The smallest absolute Gasteiger partial charge is 0.123 e. The van der Waals surface area contributed by atoms with Crippen molar-refractivity contribution >= 4 is 11.3 Å². The van der Waals surface area contributed by atoms with Crippen LogP contribution in [0.15, 0.2) is 35.8 Å². The lowest BCUT2D eigenvalue weighted by Gasteiger charge is -2.14. The molecule has 0 amide bonds. The minimum atomic E-state index is -0.156. The van der Waals surface area contributed by atoms with E-state index in [4.69, 9.17) is 0 Å². The van der Waals surface area contributed by atoms with Gasteiger partial charge in [-0.3, -0.25) is 4.90 Å². The number of hydrogen-bond donors (Lipinski definition) is 0. The summed E-state index contributed by atoms with van der Waals surface area (Å²) in [6, 6.07) is 6.93. The highest BCUT2D eigenvalue weighted by Gasteiger charge is 2.24. The number of benzene rings is 1. The second-order valence-electron chi connectivity index (χ2n) is 4.70. The number of thiazole rings is 1. The molecule has 0 bridgehead atoms. The maximum atomic E-state index is 12.9. The maximum absolute atomic E-state index is 12.9. The van der Waals surface area contributed by atoms with E-state index in [0.717, 1.165) is 26.1 Å². The predicted molar refractivity (Wildman–Crippen MR) is 71.1 cm³/mol. The lowest BCUT2D eigenvalue weighted by Crippen LogP contribution is -2.19. The lowest BCUT2D eigenvalue weighted by molar-refractivity contribution is 0.326. The van der Waals surface area contributed by atoms with Crippen molar-refractivity contribution in [3.05, 3.63) is 52.2 Å². The summed E-state index contributed by atoms with van der Waals surface area (Å²) in [6.07, 6.45) is 3.00. The Hall–Kier alpha value is -1.26. The highest BCUT2D eigenvalue weighted by molar-refractivity contribution is 7.09. The van der Waals surface area contributed by atoms with Crippen molar-refractivity contribution in [1.29, 1.82) is 0 Å². The van der Waals surface area contributed by atoms with Crippen molar-refractivity contribution in [3.63, 3.8) is 0 Å². The Kier molecular flexibility index (Phi) is 3.39. The predicted octanol–water partition coefficient (Wildman–Crippen LogP) is 3.27. The average molecular weight is 262 g/mol. The van der Waals surface area contributed by atoms with E-state index < -0.39 is 0 Å². The highest BCUT2D eigenvalue weighted by atomic mass is 32.1. The zero-order chi connectivity index (χ0) is 12.4. The molecule has 1 atom stereocenters. The Morgan fingerprint density at radius 2 is 2.17 bits per heavy atom. The molecular formula is C14H15FN2S. The quantitative estimate of drug-likeness (QED) is 0.844. The number of halogens is 1. The number of likely N-dealkylation sites (tertiary alicyclic amines) is 1. The van der Waals surface area contributed by atoms with Gasteiger partial charge in [-0.25, -0.2) is 9.37 Å². The van der Waals surface area contributed by atoms with E-state index in [0.29, 0.717) is 5.92 Å². The van der Waals surface area contributed by atoms with Crippen molar-refractivity contribution in [2.75, 3.05) is 13.1 Å². The first-order valence-electron chi connectivity index (χ1n) is 6.17. The lowest BCUT2D eigenvalue weighted by atomic mass is 9.99. The van der Waals surface area contributed by atoms with Gasteiger partial charge in [-0.05, 0) is 36.6 Å². The Morgan fingerprint density at radius 3 is 2.89 bits per heavy atom. The minimum Gasteiger partial charge on any atom is -0.296 e. The van der Waals surface area contributed by atoms with E-state index in [9.17, 15) is 4.39 Å². The molecule has 1 fully saturated rings. The second-order valence-corrected chi connectivity index (χ2v) is 5.68. The van der Waals surface area contributed by atoms with Gasteiger partial charge in [0.2, 0.25) is 0 Å². The molecule has 0 radical (unpaired) electrons. The van der Waals surface area contributed by atoms with Crippen molar-refractivity contribution in [1.82, 2.24) is 9.88 Å². The van der Waals surface area contributed by atoms with Gasteiger partial charge in [0, 0.05) is 18.1 Å². The normalized spacial score (nSPS) is 20.4. The number of hydrogen-bond acceptors (Lipinski definition) is 3. The Morgan fingerprint density at radius 1 is 1.33 bits per heavy atom. The zero-order valence-electron chi connectivity index (χ0n) is 10.1. The van der Waals surface area contributed by atoms with E-state index in [1.165, 1.54) is 10.6 Å². The van der Waals surface area contributed by atoms with Crippen molar-refractivity contribution < 1.29 is 4.39 Å². The van der Waals surface area contributed by atoms with Crippen LogP contribution >= 0.6 is 11.3 Å². The summed E-state index contributed by atoms with van der Waals surface area (Å²) in [5.74, 6) is 0.377. The second kappa shape index (κ2) is 5.16. The van der Waals surface area contributed by atoms with Gasteiger partial charge in [-0.2, -0.15) is 0 Å². The van der Waals surface area contributed by atoms with E-state index >= 15 is 0 Å². The number of rotatable bonds is 3. The third-order valence-electron chi connectivity index (χ3n) is 3.46. The molecule has 0 saturated carbocycles. The van der Waals surface area contributed by atoms with Crippen LogP contribution in [0.2, 0.25) is 0 Å². The van der Waals surface area contributed by atoms with Gasteiger partial charge in [0.25, 0.3) is 0 Å². The molecule has 0 aliphatic carbocycles. The van der Waals surface area contributed by atoms with Crippen molar-refractivity contribution in [2.24, 2.45) is 0 Å². The largest absolute Gasteiger partial charge is 0.296 e. The molecule has 1 aromatic carbocycles. The molecule has 2 aromatic rings. The monoisotopic (exact) mass is 262 g/mol. The van der Waals surface area contributed by atoms with Crippen molar-refractivity contribution in [2.45, 2.75) is 18.9 Å². The van der Waals surface area contributed by atoms with Gasteiger partial charge in [-0.1, -0.05) is 12.1 Å². The molecular weight excluding hydrogens is 247 g/mol. The first-order chi connectivity index (χ1) is 8.81. The van der Waals surface area contributed by atoms with Gasteiger partial charge in [-0.15, -0.1) is 11.3 Å². The first-order valence-corrected chi connectivity index (χ1v) is 7.05. The van der Waals surface area contributed by atoms with Crippen LogP contribution in [-0.4, -0.2) is 23.0 Å². The van der Waals surface area contributed by atoms with Crippen LogP contribution in [0.3, 0.4) is 0 Å². The molecule has 0 unspecified atom stereocenters. The molecule has 18 heavy (non-hydrogen) atoms. The highest BCUT2D eigenvalue weighted by Crippen LogP contribution is 2.28.